The summed E-state index contributed by atoms with van der Waals surface area (Å²) in [7, 11) is 1.26. The molecule has 2 aliphatic rings. The van der Waals surface area contributed by atoms with E-state index < -0.39 is 5.97 Å². The molecule has 0 bridgehead atoms. The zero-order chi connectivity index (χ0) is 25.5. The summed E-state index contributed by atoms with van der Waals surface area (Å²) in [6.45, 7) is 0.380. The van der Waals surface area contributed by atoms with Crippen molar-refractivity contribution in [1.29, 1.82) is 0 Å². The first-order chi connectivity index (χ1) is 18.0. The third-order valence-corrected chi connectivity index (χ3v) is 7.01. The molecule has 3 heterocycles. The summed E-state index contributed by atoms with van der Waals surface area (Å²) in [4.78, 5) is 38.2. The van der Waals surface area contributed by atoms with E-state index >= 15 is 0 Å². The Labute approximate surface area is 218 Å². The number of hydrogen-bond acceptors (Lipinski definition) is 7. The van der Waals surface area contributed by atoms with Crippen LogP contribution in [0.2, 0.25) is 5.02 Å². The lowest BCUT2D eigenvalue weighted by molar-refractivity contribution is -0.117. The van der Waals surface area contributed by atoms with E-state index in [9.17, 15) is 9.59 Å². The zero-order valence-corrected chi connectivity index (χ0v) is 20.9. The summed E-state index contributed by atoms with van der Waals surface area (Å²) in [5.74, 6) is 0.177. The summed E-state index contributed by atoms with van der Waals surface area (Å²) in [6.07, 6.45) is 7.31. The number of nitrogens with zero attached hydrogens (tertiary/aromatic N) is 4. The second kappa shape index (κ2) is 9.48. The minimum atomic E-state index is -0.692. The summed E-state index contributed by atoms with van der Waals surface area (Å²) in [6, 6.07) is 13.3. The number of methoxy groups -OCH3 is 1. The van der Waals surface area contributed by atoms with E-state index in [1.54, 1.807) is 6.07 Å². The summed E-state index contributed by atoms with van der Waals surface area (Å²) >= 11 is 6.10. The Bertz CT molecular complexity index is 1520. The Morgan fingerprint density at radius 2 is 1.89 bits per heavy atom. The number of imidazole rings is 1. The van der Waals surface area contributed by atoms with Crippen molar-refractivity contribution in [2.24, 2.45) is 5.92 Å². The number of pyridine rings is 1. The van der Waals surface area contributed by atoms with Crippen molar-refractivity contribution in [3.05, 3.63) is 82.5 Å². The number of hydrogen-bond donors (Lipinski definition) is 2. The lowest BCUT2D eigenvalue weighted by Crippen LogP contribution is -2.18. The second-order valence-electron chi connectivity index (χ2n) is 9.53. The van der Waals surface area contributed by atoms with Crippen molar-refractivity contribution >= 4 is 40.8 Å². The molecule has 0 saturated heterocycles. The van der Waals surface area contributed by atoms with Gasteiger partial charge in [-0.25, -0.2) is 19.7 Å². The molecule has 0 unspecified atom stereocenters. The molecule has 0 radical (unpaired) electrons. The fraction of sp³-hybridized carbons (Fsp3) is 0.296. The standard InChI is InChI=1S/C27H25ClN6O3/c1-37-27(36)25-31-22(29-12-19-14-34-13-17(15-5-6-15)7-8-24(34)30-19)11-23(32-25)33-26(35)21-10-20(21)16-3-2-4-18(28)9-16/h2-4,7-9,11,13-15,20-21H,5-6,10,12H2,1H3,(H2,29,31,32,33,35)/t20-,21+/m1/s1. The third-order valence-electron chi connectivity index (χ3n) is 6.77. The molecule has 188 valence electrons. The van der Waals surface area contributed by atoms with Crippen molar-refractivity contribution in [1.82, 2.24) is 19.4 Å². The number of rotatable bonds is 8. The average molecular weight is 517 g/mol. The molecule has 1 amide bonds. The molecule has 2 aliphatic carbocycles. The van der Waals surface area contributed by atoms with Crippen LogP contribution in [0.4, 0.5) is 11.6 Å². The van der Waals surface area contributed by atoms with Gasteiger partial charge in [-0.1, -0.05) is 29.8 Å². The van der Waals surface area contributed by atoms with E-state index in [2.05, 4.69) is 37.8 Å². The van der Waals surface area contributed by atoms with Gasteiger partial charge in [0.2, 0.25) is 11.7 Å². The number of carbonyl (C=O) groups excluding carboxylic acids is 2. The first-order valence-corrected chi connectivity index (χ1v) is 12.6. The zero-order valence-electron chi connectivity index (χ0n) is 20.1. The molecule has 0 aliphatic heterocycles. The predicted octanol–water partition coefficient (Wildman–Crippen LogP) is 4.80. The van der Waals surface area contributed by atoms with Crippen LogP contribution in [-0.4, -0.2) is 38.3 Å². The van der Waals surface area contributed by atoms with Gasteiger partial charge in [0.25, 0.3) is 0 Å². The molecule has 10 heteroatoms. The number of halogens is 1. The summed E-state index contributed by atoms with van der Waals surface area (Å²) in [5.41, 5.74) is 4.05. The molecule has 37 heavy (non-hydrogen) atoms. The van der Waals surface area contributed by atoms with E-state index in [4.69, 9.17) is 16.3 Å². The predicted molar refractivity (Wildman–Crippen MR) is 139 cm³/mol. The molecule has 9 nitrogen and oxygen atoms in total. The van der Waals surface area contributed by atoms with Crippen molar-refractivity contribution in [3.63, 3.8) is 0 Å². The highest BCUT2D eigenvalue weighted by Crippen LogP contribution is 2.48. The number of ether oxygens (including phenoxy) is 1. The topological polar surface area (TPSA) is 111 Å². The fourth-order valence-corrected chi connectivity index (χ4v) is 4.78. The van der Waals surface area contributed by atoms with Gasteiger partial charge in [0.05, 0.1) is 19.3 Å². The van der Waals surface area contributed by atoms with Gasteiger partial charge in [-0.15, -0.1) is 0 Å². The maximum absolute atomic E-state index is 12.9. The van der Waals surface area contributed by atoms with Gasteiger partial charge in [0.1, 0.15) is 17.3 Å². The molecule has 1 aromatic carbocycles. The highest BCUT2D eigenvalue weighted by molar-refractivity contribution is 6.30. The summed E-state index contributed by atoms with van der Waals surface area (Å²) in [5, 5.41) is 6.66. The molecule has 0 spiro atoms. The quantitative estimate of drug-likeness (QED) is 0.324. The SMILES string of the molecule is COC(=O)c1nc(NCc2cn3cc(C4CC4)ccc3n2)cc(NC(=O)[C@H]2C[C@@H]2c2cccc(Cl)c2)n1. The lowest BCUT2D eigenvalue weighted by atomic mass is 10.1. The van der Waals surface area contributed by atoms with Gasteiger partial charge in [-0.05, 0) is 60.4 Å². The van der Waals surface area contributed by atoms with Crippen LogP contribution >= 0.6 is 11.6 Å². The van der Waals surface area contributed by atoms with Gasteiger partial charge in [-0.3, -0.25) is 4.79 Å². The van der Waals surface area contributed by atoms with Gasteiger partial charge in [-0.2, -0.15) is 0 Å². The van der Waals surface area contributed by atoms with Crippen molar-refractivity contribution < 1.29 is 14.3 Å². The minimum absolute atomic E-state index is 0.105. The normalized spacial score (nSPS) is 18.4. The Morgan fingerprint density at radius 1 is 1.05 bits per heavy atom. The maximum atomic E-state index is 12.9. The average Bonchev–Trinajstić information content (AvgIpc) is 3.83. The van der Waals surface area contributed by atoms with Crippen LogP contribution in [0.5, 0.6) is 0 Å². The van der Waals surface area contributed by atoms with Gasteiger partial charge in [0.15, 0.2) is 0 Å². The molecule has 2 saturated carbocycles. The Kier molecular flexibility index (Phi) is 6.00. The molecule has 2 N–H and O–H groups in total. The number of esters is 1. The lowest BCUT2D eigenvalue weighted by Gasteiger charge is -2.10. The number of anilines is 2. The van der Waals surface area contributed by atoms with Crippen molar-refractivity contribution in [2.45, 2.75) is 37.6 Å². The second-order valence-corrected chi connectivity index (χ2v) is 9.97. The number of amides is 1. The first kappa shape index (κ1) is 23.4. The molecule has 4 aromatic rings. The van der Waals surface area contributed by atoms with Gasteiger partial charge < -0.3 is 19.8 Å². The maximum Gasteiger partial charge on any atom is 0.376 e. The minimum Gasteiger partial charge on any atom is -0.463 e. The number of benzene rings is 1. The van der Waals surface area contributed by atoms with Crippen LogP contribution in [0, 0.1) is 5.92 Å². The van der Waals surface area contributed by atoms with Crippen LogP contribution in [0.15, 0.2) is 54.9 Å². The number of fused-ring (bicyclic) bond motifs is 1. The van der Waals surface area contributed by atoms with Crippen LogP contribution < -0.4 is 10.6 Å². The van der Waals surface area contributed by atoms with Crippen LogP contribution in [0.25, 0.3) is 5.65 Å². The Hall–Kier alpha value is -3.98. The van der Waals surface area contributed by atoms with Crippen molar-refractivity contribution in [2.75, 3.05) is 17.7 Å². The van der Waals surface area contributed by atoms with Gasteiger partial charge >= 0.3 is 5.97 Å². The van der Waals surface area contributed by atoms with E-state index in [0.717, 1.165) is 23.3 Å². The van der Waals surface area contributed by atoms with Crippen LogP contribution in [0.3, 0.4) is 0 Å². The highest BCUT2D eigenvalue weighted by atomic mass is 35.5. The first-order valence-electron chi connectivity index (χ1n) is 12.2. The van der Waals surface area contributed by atoms with E-state index in [1.807, 2.05) is 40.9 Å². The largest absolute Gasteiger partial charge is 0.463 e. The van der Waals surface area contributed by atoms with E-state index in [-0.39, 0.29) is 29.4 Å². The third kappa shape index (κ3) is 5.13. The number of aromatic nitrogens is 4. The molecule has 2 atom stereocenters. The molecule has 6 rings (SSSR count). The highest BCUT2D eigenvalue weighted by Gasteiger charge is 2.44. The molecule has 2 fully saturated rings. The fourth-order valence-electron chi connectivity index (χ4n) is 4.58. The molecular weight excluding hydrogens is 492 g/mol. The van der Waals surface area contributed by atoms with Gasteiger partial charge in [0, 0.05) is 29.4 Å². The Morgan fingerprint density at radius 3 is 2.68 bits per heavy atom. The van der Waals surface area contributed by atoms with Crippen molar-refractivity contribution in [3.8, 4) is 0 Å². The van der Waals surface area contributed by atoms with Crippen LogP contribution in [0.1, 0.15) is 58.5 Å². The Balaban J connectivity index is 1.16. The van der Waals surface area contributed by atoms with Crippen LogP contribution in [-0.2, 0) is 16.1 Å². The summed E-state index contributed by atoms with van der Waals surface area (Å²) < 4.78 is 6.83. The monoisotopic (exact) mass is 516 g/mol. The molecule has 3 aromatic heterocycles. The smallest absolute Gasteiger partial charge is 0.376 e. The number of carbonyl (C=O) groups is 2. The molecular formula is C27H25ClN6O3. The number of nitrogens with one attached hydrogen (secondary N) is 2. The van der Waals surface area contributed by atoms with E-state index in [0.29, 0.717) is 23.3 Å². The van der Waals surface area contributed by atoms with E-state index in [1.165, 1.54) is 25.5 Å².